The Hall–Kier alpha value is -7.98. The first-order valence-electron chi connectivity index (χ1n) is 25.2. The molecule has 3 heterocycles. The molecule has 10 aromatic rings. The normalized spacial score (nSPS) is 12.8. The number of fused-ring (bicyclic) bond motifs is 6. The summed E-state index contributed by atoms with van der Waals surface area (Å²) in [6.45, 7) is 16.0. The molecule has 2 aliphatic rings. The molecule has 0 unspecified atom stereocenters. The van der Waals surface area contributed by atoms with Crippen molar-refractivity contribution in [3.63, 3.8) is 0 Å². The van der Waals surface area contributed by atoms with Gasteiger partial charge in [-0.2, -0.15) is 6.07 Å². The van der Waals surface area contributed by atoms with Crippen molar-refractivity contribution in [2.45, 2.75) is 52.4 Å². The zero-order chi connectivity index (χ0) is 49.8. The number of pyridine rings is 1. The minimum absolute atomic E-state index is 0. The Labute approximate surface area is 451 Å². The zero-order valence-corrected chi connectivity index (χ0v) is 44.8. The topological polar surface area (TPSA) is 25.9 Å². The van der Waals surface area contributed by atoms with E-state index in [1.165, 1.54) is 16.8 Å². The monoisotopic (exact) mass is 1140 g/mol. The van der Waals surface area contributed by atoms with Gasteiger partial charge in [0.15, 0.2) is 0 Å². The van der Waals surface area contributed by atoms with Crippen molar-refractivity contribution in [2.75, 3.05) is 19.6 Å². The molecular weight excluding hydrogens is 1080 g/mol. The van der Waals surface area contributed by atoms with Gasteiger partial charge in [0, 0.05) is 55.6 Å². The molecule has 0 fully saturated rings. The van der Waals surface area contributed by atoms with E-state index in [0.29, 0.717) is 0 Å². The van der Waals surface area contributed by atoms with Crippen molar-refractivity contribution in [1.82, 2.24) is 4.98 Å². The fourth-order valence-corrected chi connectivity index (χ4v) is 10.4. The van der Waals surface area contributed by atoms with E-state index < -0.39 is 0 Å². The van der Waals surface area contributed by atoms with E-state index >= 15 is 0 Å². The summed E-state index contributed by atoms with van der Waals surface area (Å²) in [5.74, 6) is 0.804. The third-order valence-electron chi connectivity index (χ3n) is 14.1. The van der Waals surface area contributed by atoms with Crippen LogP contribution in [0.25, 0.3) is 44.5 Å². The van der Waals surface area contributed by atoms with Gasteiger partial charge in [-0.15, -0.1) is 53.8 Å². The molecule has 0 aliphatic carbocycles. The average Bonchev–Trinajstić information content (AvgIpc) is 3.77. The van der Waals surface area contributed by atoms with Gasteiger partial charge in [-0.1, -0.05) is 210 Å². The van der Waals surface area contributed by atoms with Crippen LogP contribution in [0.1, 0.15) is 52.7 Å². The first kappa shape index (κ1) is 48.3. The second-order valence-electron chi connectivity index (χ2n) is 21.0. The molecule has 0 bridgehead atoms. The summed E-state index contributed by atoms with van der Waals surface area (Å²) in [5, 5.41) is 0. The van der Waals surface area contributed by atoms with Crippen LogP contribution in [0.5, 0.6) is 0 Å². The predicted molar refractivity (Wildman–Crippen MR) is 305 cm³/mol. The number of anilines is 10. The number of nitrogens with zero attached hydrogens (tertiary/aromatic N) is 5. The average molecular weight is 1140 g/mol. The van der Waals surface area contributed by atoms with Gasteiger partial charge in [0.25, 0.3) is 0 Å². The molecule has 9 aromatic carbocycles. The van der Waals surface area contributed by atoms with Gasteiger partial charge in [0.1, 0.15) is 5.82 Å². The Kier molecular flexibility index (Phi) is 12.7. The minimum atomic E-state index is -0.102. The molecule has 0 spiro atoms. The number of rotatable bonds is 8. The van der Waals surface area contributed by atoms with Crippen molar-refractivity contribution in [3.05, 3.63) is 255 Å². The van der Waals surface area contributed by atoms with Crippen molar-refractivity contribution in [3.8, 4) is 44.5 Å². The molecule has 0 N–H and O–H groups in total. The maximum absolute atomic E-state index is 5.05. The number of benzene rings is 9. The van der Waals surface area contributed by atoms with Crippen LogP contribution < -0.4 is 19.6 Å². The largest absolute Gasteiger partial charge is 0.493 e. The van der Waals surface area contributed by atoms with Gasteiger partial charge < -0.3 is 19.6 Å². The molecule has 0 atom stereocenters. The summed E-state index contributed by atoms with van der Waals surface area (Å²) in [5.41, 5.74) is 20.3. The maximum atomic E-state index is 5.05. The van der Waals surface area contributed by atoms with Gasteiger partial charge in [0.2, 0.25) is 0 Å². The SMILES string of the molecule is CC(C)(C)c1ccc(C(C)(C)C)c(N2[CH-]N(c3[c-]c(N(c4[c-]c5c(cc4)-c4ccccc4-c4ccc(-c6ccccc6)cc4N5c4ccccn4)c4ccccc4)cc(-c4ccccc4)c3)c3ccccc32)c1.[Pt]. The third kappa shape index (κ3) is 8.90. The van der Waals surface area contributed by atoms with Crippen LogP contribution in [0, 0.1) is 18.8 Å². The number of hydrogen-bond acceptors (Lipinski definition) is 5. The summed E-state index contributed by atoms with van der Waals surface area (Å²) < 4.78 is 0. The maximum Gasteiger partial charge on any atom is 0.135 e. The molecule has 366 valence electrons. The van der Waals surface area contributed by atoms with E-state index in [2.05, 4.69) is 292 Å². The number of aromatic nitrogens is 1. The second kappa shape index (κ2) is 19.5. The van der Waals surface area contributed by atoms with Gasteiger partial charge in [-0.3, -0.25) is 0 Å². The van der Waals surface area contributed by atoms with Crippen molar-refractivity contribution < 1.29 is 21.1 Å². The van der Waals surface area contributed by atoms with Crippen LogP contribution in [0.4, 0.5) is 57.0 Å². The summed E-state index contributed by atoms with van der Waals surface area (Å²) in [6, 6.07) is 86.5. The van der Waals surface area contributed by atoms with Crippen LogP contribution >= 0.6 is 0 Å². The van der Waals surface area contributed by atoms with Gasteiger partial charge in [0.05, 0.1) is 5.69 Å². The molecule has 6 heteroatoms. The van der Waals surface area contributed by atoms with Crippen LogP contribution in [0.3, 0.4) is 0 Å². The Balaban J connectivity index is 0.00000588. The third-order valence-corrected chi connectivity index (χ3v) is 14.1. The van der Waals surface area contributed by atoms with Gasteiger partial charge in [-0.25, -0.2) is 4.98 Å². The first-order chi connectivity index (χ1) is 35.5. The summed E-state index contributed by atoms with van der Waals surface area (Å²) in [6.07, 6.45) is 1.87. The molecule has 0 saturated heterocycles. The Morgan fingerprint density at radius 3 is 1.70 bits per heavy atom. The van der Waals surface area contributed by atoms with Crippen LogP contribution in [-0.2, 0) is 31.9 Å². The Morgan fingerprint density at radius 1 is 0.432 bits per heavy atom. The summed E-state index contributed by atoms with van der Waals surface area (Å²) in [7, 11) is 0. The minimum Gasteiger partial charge on any atom is -0.493 e. The van der Waals surface area contributed by atoms with E-state index in [1.54, 1.807) is 0 Å². The molecule has 74 heavy (non-hydrogen) atoms. The van der Waals surface area contributed by atoms with Crippen molar-refractivity contribution in [2.24, 2.45) is 0 Å². The Morgan fingerprint density at radius 2 is 1.04 bits per heavy atom. The second-order valence-corrected chi connectivity index (χ2v) is 21.0. The number of hydrogen-bond donors (Lipinski definition) is 0. The van der Waals surface area contributed by atoms with Crippen LogP contribution in [0.2, 0.25) is 0 Å². The molecule has 1 aromatic heterocycles. The molecule has 0 saturated carbocycles. The molecule has 0 amide bonds. The predicted octanol–water partition coefficient (Wildman–Crippen LogP) is 18.6. The fourth-order valence-electron chi connectivity index (χ4n) is 10.4. The summed E-state index contributed by atoms with van der Waals surface area (Å²) in [4.78, 5) is 14.3. The van der Waals surface area contributed by atoms with E-state index in [-0.39, 0.29) is 31.9 Å². The van der Waals surface area contributed by atoms with E-state index in [1.807, 2.05) is 12.3 Å². The van der Waals surface area contributed by atoms with Crippen LogP contribution in [-0.4, -0.2) is 4.98 Å². The van der Waals surface area contributed by atoms with Gasteiger partial charge >= 0.3 is 0 Å². The van der Waals surface area contributed by atoms with Gasteiger partial charge in [-0.05, 0) is 92.7 Å². The van der Waals surface area contributed by atoms with E-state index in [4.69, 9.17) is 4.98 Å². The van der Waals surface area contributed by atoms with Crippen molar-refractivity contribution in [1.29, 1.82) is 0 Å². The van der Waals surface area contributed by atoms with Crippen molar-refractivity contribution >= 4 is 57.0 Å². The van der Waals surface area contributed by atoms with E-state index in [0.717, 1.165) is 95.8 Å². The smallest absolute Gasteiger partial charge is 0.135 e. The molecule has 12 rings (SSSR count). The zero-order valence-electron chi connectivity index (χ0n) is 42.5. The molecule has 5 nitrogen and oxygen atoms in total. The standard InChI is InChI=1S/C68H56N5.Pt/c1-67(2,3)51-34-38-60(68(4,5)6)65(43-51)71-46-70(61-30-18-19-31-62(61)71)54-40-50(48-24-12-8-13-25-48)41-55(44-54)72(52-26-14-9-15-27-52)53-35-37-59-57-29-17-16-28-56(57)58-36-33-49(47-22-10-7-11-23-47)42-63(58)73(64(59)45-53)66-32-20-21-39-69-66;/h7-43,46H,1-6H3;/q-3;. The molecule has 0 radical (unpaired) electrons. The number of para-hydroxylation sites is 3. The summed E-state index contributed by atoms with van der Waals surface area (Å²) >= 11 is 0. The van der Waals surface area contributed by atoms with Crippen LogP contribution in [0.15, 0.2) is 225 Å². The Bertz CT molecular complexity index is 3640. The quantitative estimate of drug-likeness (QED) is 0.141. The fraction of sp³-hybridized carbons (Fsp3) is 0.118. The van der Waals surface area contributed by atoms with E-state index in [9.17, 15) is 0 Å². The first-order valence-corrected chi connectivity index (χ1v) is 25.2. The molecule has 2 aliphatic heterocycles. The molecular formula is C68H56N5Pt-3.